The first-order valence-electron chi connectivity index (χ1n) is 5.83. The van der Waals surface area contributed by atoms with Gasteiger partial charge in [-0.25, -0.2) is 4.98 Å². The summed E-state index contributed by atoms with van der Waals surface area (Å²) in [5.41, 5.74) is 5.71. The first-order valence-corrected chi connectivity index (χ1v) is 5.83. The highest BCUT2D eigenvalue weighted by Crippen LogP contribution is 2.21. The topological polar surface area (TPSA) is 84.9 Å². The minimum Gasteiger partial charge on any atom is -0.373 e. The third-order valence-electron chi connectivity index (χ3n) is 3.05. The summed E-state index contributed by atoms with van der Waals surface area (Å²) in [5, 5.41) is 2.98. The molecular formula is C11H15N7. The highest BCUT2D eigenvalue weighted by atomic mass is 15.3. The summed E-state index contributed by atoms with van der Waals surface area (Å²) in [6.07, 6.45) is 3.83. The van der Waals surface area contributed by atoms with Gasteiger partial charge in [0.05, 0.1) is 6.54 Å². The Kier molecular flexibility index (Phi) is 2.51. The lowest BCUT2D eigenvalue weighted by molar-refractivity contribution is 0.556. The zero-order valence-electron chi connectivity index (χ0n) is 10.2. The summed E-state index contributed by atoms with van der Waals surface area (Å²) in [4.78, 5) is 14.9. The van der Waals surface area contributed by atoms with Crippen LogP contribution in [0.5, 0.6) is 0 Å². The molecule has 0 aromatic carbocycles. The maximum Gasteiger partial charge on any atom is 0.223 e. The fourth-order valence-electron chi connectivity index (χ4n) is 2.11. The van der Waals surface area contributed by atoms with Gasteiger partial charge in [0.2, 0.25) is 5.95 Å². The number of hydrogen-bond acceptors (Lipinski definition) is 6. The van der Waals surface area contributed by atoms with Gasteiger partial charge in [0.25, 0.3) is 0 Å². The van der Waals surface area contributed by atoms with Crippen LogP contribution in [0.3, 0.4) is 0 Å². The smallest absolute Gasteiger partial charge is 0.223 e. The maximum atomic E-state index is 5.71. The zero-order valence-corrected chi connectivity index (χ0v) is 10.2. The van der Waals surface area contributed by atoms with Crippen LogP contribution in [0, 0.1) is 0 Å². The average molecular weight is 245 g/mol. The largest absolute Gasteiger partial charge is 0.373 e. The van der Waals surface area contributed by atoms with E-state index in [-0.39, 0.29) is 5.95 Å². The molecule has 0 saturated carbocycles. The van der Waals surface area contributed by atoms with E-state index in [1.54, 1.807) is 0 Å². The van der Waals surface area contributed by atoms with Gasteiger partial charge in [0.1, 0.15) is 17.5 Å². The van der Waals surface area contributed by atoms with Crippen molar-refractivity contribution < 1.29 is 0 Å². The van der Waals surface area contributed by atoms with E-state index in [9.17, 15) is 0 Å². The van der Waals surface area contributed by atoms with Crippen molar-refractivity contribution in [3.05, 3.63) is 24.3 Å². The van der Waals surface area contributed by atoms with E-state index >= 15 is 0 Å². The van der Waals surface area contributed by atoms with Crippen LogP contribution in [0.2, 0.25) is 0 Å². The number of nitrogens with two attached hydrogens (primary N) is 1. The van der Waals surface area contributed by atoms with Crippen LogP contribution in [0.15, 0.2) is 18.5 Å². The van der Waals surface area contributed by atoms with Gasteiger partial charge in [-0.2, -0.15) is 9.97 Å². The molecule has 3 N–H and O–H groups in total. The molecule has 2 aromatic heterocycles. The van der Waals surface area contributed by atoms with Crippen molar-refractivity contribution >= 4 is 17.6 Å². The molecule has 3 heterocycles. The number of anilines is 3. The maximum absolute atomic E-state index is 5.71. The quantitative estimate of drug-likeness (QED) is 0.792. The molecule has 0 radical (unpaired) electrons. The number of rotatable bonds is 2. The van der Waals surface area contributed by atoms with E-state index in [0.29, 0.717) is 0 Å². The standard InChI is InChI=1S/C11H15N7/c1-13-8-6-9(16-11(12)15-8)18-5-4-17-3-2-14-10(17)7-18/h2-3,6H,4-5,7H2,1H3,(H3,12,13,15,16). The summed E-state index contributed by atoms with van der Waals surface area (Å²) < 4.78 is 2.15. The Labute approximate surface area is 105 Å². The first-order chi connectivity index (χ1) is 8.76. The number of fused-ring (bicyclic) bond motifs is 1. The van der Waals surface area contributed by atoms with Gasteiger partial charge < -0.3 is 20.5 Å². The van der Waals surface area contributed by atoms with E-state index in [2.05, 4.69) is 29.7 Å². The molecule has 0 aliphatic carbocycles. The number of aromatic nitrogens is 4. The molecule has 7 nitrogen and oxygen atoms in total. The van der Waals surface area contributed by atoms with Crippen molar-refractivity contribution in [3.8, 4) is 0 Å². The Balaban J connectivity index is 1.90. The third kappa shape index (κ3) is 1.83. The van der Waals surface area contributed by atoms with E-state index in [1.165, 1.54) is 0 Å². The molecule has 1 aliphatic heterocycles. The average Bonchev–Trinajstić information content (AvgIpc) is 2.85. The summed E-state index contributed by atoms with van der Waals surface area (Å²) in [5.74, 6) is 2.89. The number of nitrogens with one attached hydrogen (secondary N) is 1. The predicted octanol–water partition coefficient (Wildman–Crippen LogP) is 0.317. The first kappa shape index (κ1) is 10.8. The molecule has 1 aliphatic rings. The third-order valence-corrected chi connectivity index (χ3v) is 3.05. The molecule has 7 heteroatoms. The lowest BCUT2D eigenvalue weighted by Crippen LogP contribution is -2.34. The van der Waals surface area contributed by atoms with Gasteiger partial charge in [0, 0.05) is 38.6 Å². The number of hydrogen-bond donors (Lipinski definition) is 2. The highest BCUT2D eigenvalue weighted by molar-refractivity contribution is 5.52. The van der Waals surface area contributed by atoms with Crippen molar-refractivity contribution in [1.29, 1.82) is 0 Å². The van der Waals surface area contributed by atoms with Crippen molar-refractivity contribution in [3.63, 3.8) is 0 Å². The second-order valence-corrected chi connectivity index (χ2v) is 4.18. The molecule has 0 spiro atoms. The molecule has 3 rings (SSSR count). The molecule has 94 valence electrons. The lowest BCUT2D eigenvalue weighted by atomic mass is 10.3. The van der Waals surface area contributed by atoms with Crippen LogP contribution in [-0.2, 0) is 13.1 Å². The normalized spacial score (nSPS) is 14.4. The molecule has 0 unspecified atom stereocenters. The molecule has 0 saturated heterocycles. The van der Waals surface area contributed by atoms with Crippen molar-refractivity contribution in [2.24, 2.45) is 0 Å². The molecular weight excluding hydrogens is 230 g/mol. The number of nitrogens with zero attached hydrogens (tertiary/aromatic N) is 5. The van der Waals surface area contributed by atoms with Crippen LogP contribution in [0.4, 0.5) is 17.6 Å². The van der Waals surface area contributed by atoms with Crippen molar-refractivity contribution in [2.45, 2.75) is 13.1 Å². The van der Waals surface area contributed by atoms with Crippen molar-refractivity contribution in [2.75, 3.05) is 29.5 Å². The Hall–Kier alpha value is -2.31. The second-order valence-electron chi connectivity index (χ2n) is 4.18. The molecule has 0 fully saturated rings. The Morgan fingerprint density at radius 2 is 2.22 bits per heavy atom. The van der Waals surface area contributed by atoms with Gasteiger partial charge in [0.15, 0.2) is 0 Å². The number of nitrogen functional groups attached to an aromatic ring is 1. The monoisotopic (exact) mass is 245 g/mol. The van der Waals surface area contributed by atoms with Crippen LogP contribution in [-0.4, -0.2) is 33.1 Å². The molecule has 18 heavy (non-hydrogen) atoms. The summed E-state index contributed by atoms with van der Waals surface area (Å²) in [6, 6.07) is 1.90. The fraction of sp³-hybridized carbons (Fsp3) is 0.364. The van der Waals surface area contributed by atoms with Gasteiger partial charge in [-0.3, -0.25) is 0 Å². The van der Waals surface area contributed by atoms with Crippen LogP contribution in [0.1, 0.15) is 5.82 Å². The fourth-order valence-corrected chi connectivity index (χ4v) is 2.11. The predicted molar refractivity (Wildman–Crippen MR) is 69.3 cm³/mol. The van der Waals surface area contributed by atoms with Gasteiger partial charge in [-0.15, -0.1) is 0 Å². The lowest BCUT2D eigenvalue weighted by Gasteiger charge is -2.28. The van der Waals surface area contributed by atoms with E-state index in [1.807, 2.05) is 25.5 Å². The molecule has 0 bridgehead atoms. The minimum absolute atomic E-state index is 0.283. The van der Waals surface area contributed by atoms with E-state index in [4.69, 9.17) is 5.73 Å². The zero-order chi connectivity index (χ0) is 12.5. The van der Waals surface area contributed by atoms with Crippen LogP contribution >= 0.6 is 0 Å². The Bertz CT molecular complexity index is 562. The highest BCUT2D eigenvalue weighted by Gasteiger charge is 2.18. The van der Waals surface area contributed by atoms with E-state index in [0.717, 1.165) is 37.1 Å². The molecule has 0 atom stereocenters. The van der Waals surface area contributed by atoms with Gasteiger partial charge >= 0.3 is 0 Å². The van der Waals surface area contributed by atoms with Crippen LogP contribution < -0.4 is 16.0 Å². The Morgan fingerprint density at radius 1 is 1.33 bits per heavy atom. The number of imidazole rings is 1. The molecule has 0 amide bonds. The second kappa shape index (κ2) is 4.17. The van der Waals surface area contributed by atoms with Crippen molar-refractivity contribution in [1.82, 2.24) is 19.5 Å². The summed E-state index contributed by atoms with van der Waals surface area (Å²) in [6.45, 7) is 2.55. The summed E-state index contributed by atoms with van der Waals surface area (Å²) in [7, 11) is 1.81. The molecule has 2 aromatic rings. The Morgan fingerprint density at radius 3 is 3.06 bits per heavy atom. The van der Waals surface area contributed by atoms with Crippen LogP contribution in [0.25, 0.3) is 0 Å². The summed E-state index contributed by atoms with van der Waals surface area (Å²) >= 11 is 0. The SMILES string of the molecule is CNc1cc(N2CCn3ccnc3C2)nc(N)n1. The van der Waals surface area contributed by atoms with E-state index < -0.39 is 0 Å². The van der Waals surface area contributed by atoms with Gasteiger partial charge in [-0.05, 0) is 0 Å². The van der Waals surface area contributed by atoms with Gasteiger partial charge in [-0.1, -0.05) is 0 Å². The minimum atomic E-state index is 0.283.